The first-order valence-electron chi connectivity index (χ1n) is 3.53. The highest BCUT2D eigenvalue weighted by atomic mass is 19.1. The molecule has 0 nitrogen and oxygen atoms in total. The maximum Gasteiger partial charge on any atom is 0.129 e. The van der Waals surface area contributed by atoms with E-state index in [0.29, 0.717) is 6.42 Å². The maximum absolute atomic E-state index is 12.8. The Balaban J connectivity index is 3.00. The van der Waals surface area contributed by atoms with Crippen molar-refractivity contribution >= 4 is 0 Å². The van der Waals surface area contributed by atoms with Gasteiger partial charge in [-0.15, -0.1) is 0 Å². The molecule has 0 atom stereocenters. The van der Waals surface area contributed by atoms with E-state index in [0.717, 1.165) is 0 Å². The second-order valence-corrected chi connectivity index (χ2v) is 2.25. The summed E-state index contributed by atoms with van der Waals surface area (Å²) in [6.07, 6.45) is 2.17. The smallest absolute Gasteiger partial charge is 0.129 e. The Morgan fingerprint density at radius 3 is 2.27 bits per heavy atom. The topological polar surface area (TPSA) is 0 Å². The highest BCUT2D eigenvalue weighted by molar-refractivity contribution is 5.26. The van der Waals surface area contributed by atoms with Gasteiger partial charge in [-0.2, -0.15) is 0 Å². The average molecular weight is 155 g/mol. The van der Waals surface area contributed by atoms with E-state index in [4.69, 9.17) is 0 Å². The van der Waals surface area contributed by atoms with Gasteiger partial charge in [0.1, 0.15) is 11.6 Å². The van der Waals surface area contributed by atoms with Crippen LogP contribution in [0.5, 0.6) is 0 Å². The van der Waals surface area contributed by atoms with Crippen molar-refractivity contribution in [1.29, 1.82) is 0 Å². The molecule has 0 amide bonds. The van der Waals surface area contributed by atoms with E-state index in [9.17, 15) is 8.78 Å². The number of rotatable bonds is 2. The minimum atomic E-state index is -0.494. The molecule has 2 heteroatoms. The Morgan fingerprint density at radius 1 is 1.27 bits per heavy atom. The number of hydrogen-bond acceptors (Lipinski definition) is 0. The Bertz CT molecular complexity index is 223. The molecule has 0 fully saturated rings. The lowest BCUT2D eigenvalue weighted by Gasteiger charge is -2.00. The molecule has 0 saturated carbocycles. The molecule has 1 radical (unpaired) electrons. The molecule has 0 bridgehead atoms. The molecule has 0 aliphatic carbocycles. The minimum absolute atomic E-state index is 0.0787. The predicted octanol–water partition coefficient (Wildman–Crippen LogP) is 2.93. The fourth-order valence-electron chi connectivity index (χ4n) is 0.910. The zero-order valence-electron chi connectivity index (χ0n) is 6.27. The second-order valence-electron chi connectivity index (χ2n) is 2.25. The van der Waals surface area contributed by atoms with Gasteiger partial charge in [0.2, 0.25) is 0 Å². The normalized spacial score (nSPS) is 10.1. The van der Waals surface area contributed by atoms with Crippen molar-refractivity contribution in [2.75, 3.05) is 0 Å². The van der Waals surface area contributed by atoms with E-state index in [1.54, 1.807) is 0 Å². The maximum atomic E-state index is 12.8. The fourth-order valence-corrected chi connectivity index (χ4v) is 0.910. The van der Waals surface area contributed by atoms with Crippen LogP contribution in [-0.4, -0.2) is 0 Å². The average Bonchev–Trinajstić information content (AvgIpc) is 1.97. The quantitative estimate of drug-likeness (QED) is 0.616. The molecule has 0 aromatic heterocycles. The van der Waals surface area contributed by atoms with Gasteiger partial charge in [0.05, 0.1) is 0 Å². The molecule has 0 saturated heterocycles. The van der Waals surface area contributed by atoms with Crippen LogP contribution in [0, 0.1) is 18.1 Å². The first kappa shape index (κ1) is 8.18. The minimum Gasteiger partial charge on any atom is -0.207 e. The molecule has 11 heavy (non-hydrogen) atoms. The largest absolute Gasteiger partial charge is 0.207 e. The van der Waals surface area contributed by atoms with Gasteiger partial charge in [-0.05, 0) is 25.0 Å². The highest BCUT2D eigenvalue weighted by Gasteiger charge is 2.05. The number of benzene rings is 1. The fraction of sp³-hybridized carbons (Fsp3) is 0.222. The van der Waals surface area contributed by atoms with Gasteiger partial charge in [-0.25, -0.2) is 8.78 Å². The van der Waals surface area contributed by atoms with Crippen molar-refractivity contribution in [3.05, 3.63) is 41.8 Å². The summed E-state index contributed by atoms with van der Waals surface area (Å²) < 4.78 is 25.5. The standard InChI is InChI=1S/C9H9F2/c1-2-4-7-8(10)5-3-6-9(7)11/h3-6H,2H2,1H3. The van der Waals surface area contributed by atoms with Crippen LogP contribution in [0.3, 0.4) is 0 Å². The van der Waals surface area contributed by atoms with Crippen LogP contribution < -0.4 is 0 Å². The lowest BCUT2D eigenvalue weighted by atomic mass is 10.1. The van der Waals surface area contributed by atoms with E-state index < -0.39 is 11.6 Å². The van der Waals surface area contributed by atoms with Gasteiger partial charge >= 0.3 is 0 Å². The predicted molar refractivity (Wildman–Crippen MR) is 40.1 cm³/mol. The summed E-state index contributed by atoms with van der Waals surface area (Å²) in [5.74, 6) is -0.987. The highest BCUT2D eigenvalue weighted by Crippen LogP contribution is 2.14. The van der Waals surface area contributed by atoms with E-state index in [-0.39, 0.29) is 5.56 Å². The monoisotopic (exact) mass is 155 g/mol. The molecule has 1 aromatic carbocycles. The summed E-state index contributed by atoms with van der Waals surface area (Å²) in [5, 5.41) is 0. The SMILES string of the molecule is CC[CH]c1c(F)cccc1F. The molecule has 1 aromatic rings. The molecule has 0 aliphatic rings. The van der Waals surface area contributed by atoms with E-state index in [1.165, 1.54) is 24.6 Å². The third-order valence-corrected chi connectivity index (χ3v) is 1.41. The van der Waals surface area contributed by atoms with E-state index >= 15 is 0 Å². The first-order valence-corrected chi connectivity index (χ1v) is 3.53. The third kappa shape index (κ3) is 1.76. The summed E-state index contributed by atoms with van der Waals surface area (Å²) in [6, 6.07) is 3.87. The van der Waals surface area contributed by atoms with Crippen molar-refractivity contribution in [1.82, 2.24) is 0 Å². The zero-order chi connectivity index (χ0) is 8.27. The van der Waals surface area contributed by atoms with Gasteiger partial charge in [-0.1, -0.05) is 13.0 Å². The van der Waals surface area contributed by atoms with Crippen LogP contribution in [0.25, 0.3) is 0 Å². The van der Waals surface area contributed by atoms with Crippen molar-refractivity contribution < 1.29 is 8.78 Å². The Kier molecular flexibility index (Phi) is 2.58. The van der Waals surface area contributed by atoms with Gasteiger partial charge in [0, 0.05) is 5.56 Å². The molecule has 1 rings (SSSR count). The summed E-state index contributed by atoms with van der Waals surface area (Å²) in [6.45, 7) is 1.84. The van der Waals surface area contributed by atoms with Crippen molar-refractivity contribution in [2.24, 2.45) is 0 Å². The van der Waals surface area contributed by atoms with Crippen LogP contribution in [0.15, 0.2) is 18.2 Å². The summed E-state index contributed by atoms with van der Waals surface area (Å²) in [5.41, 5.74) is 0.0787. The number of hydrogen-bond donors (Lipinski definition) is 0. The van der Waals surface area contributed by atoms with Gasteiger partial charge in [-0.3, -0.25) is 0 Å². The summed E-state index contributed by atoms with van der Waals surface area (Å²) in [4.78, 5) is 0. The van der Waals surface area contributed by atoms with Crippen LogP contribution in [0.1, 0.15) is 18.9 Å². The molecular weight excluding hydrogens is 146 g/mol. The van der Waals surface area contributed by atoms with Crippen molar-refractivity contribution in [2.45, 2.75) is 13.3 Å². The van der Waals surface area contributed by atoms with Gasteiger partial charge in [0.25, 0.3) is 0 Å². The van der Waals surface area contributed by atoms with Crippen molar-refractivity contribution in [3.8, 4) is 0 Å². The van der Waals surface area contributed by atoms with Crippen molar-refractivity contribution in [3.63, 3.8) is 0 Å². The van der Waals surface area contributed by atoms with Crippen LogP contribution in [-0.2, 0) is 0 Å². The number of halogens is 2. The lowest BCUT2D eigenvalue weighted by molar-refractivity contribution is 0.569. The van der Waals surface area contributed by atoms with Crippen LogP contribution in [0.2, 0.25) is 0 Å². The molecule has 0 spiro atoms. The molecule has 59 valence electrons. The zero-order valence-corrected chi connectivity index (χ0v) is 6.27. The first-order chi connectivity index (χ1) is 5.25. The Hall–Kier alpha value is -0.920. The lowest BCUT2D eigenvalue weighted by Crippen LogP contribution is -1.91. The van der Waals surface area contributed by atoms with E-state index in [2.05, 4.69) is 0 Å². The Labute approximate surface area is 64.9 Å². The molecule has 0 unspecified atom stereocenters. The third-order valence-electron chi connectivity index (χ3n) is 1.41. The van der Waals surface area contributed by atoms with E-state index in [1.807, 2.05) is 6.92 Å². The summed E-state index contributed by atoms with van der Waals surface area (Å²) in [7, 11) is 0. The Morgan fingerprint density at radius 2 is 1.82 bits per heavy atom. The molecule has 0 N–H and O–H groups in total. The molecule has 0 heterocycles. The van der Waals surface area contributed by atoms with Crippen LogP contribution in [0.4, 0.5) is 8.78 Å². The van der Waals surface area contributed by atoms with Crippen LogP contribution >= 0.6 is 0 Å². The van der Waals surface area contributed by atoms with Gasteiger partial charge < -0.3 is 0 Å². The summed E-state index contributed by atoms with van der Waals surface area (Å²) >= 11 is 0. The van der Waals surface area contributed by atoms with Gasteiger partial charge in [0.15, 0.2) is 0 Å². The molecule has 0 aliphatic heterocycles. The second kappa shape index (κ2) is 3.46. The molecular formula is C9H9F2.